The molecule has 13 heteroatoms. The van der Waals surface area contributed by atoms with Crippen LogP contribution in [-0.2, 0) is 29.7 Å². The van der Waals surface area contributed by atoms with Crippen LogP contribution >= 0.6 is 0 Å². The zero-order valence-corrected chi connectivity index (χ0v) is 19.1. The van der Waals surface area contributed by atoms with Gasteiger partial charge in [-0.3, -0.25) is 0 Å². The zero-order chi connectivity index (χ0) is 24.8. The third-order valence-electron chi connectivity index (χ3n) is 3.76. The number of halogens is 4. The van der Waals surface area contributed by atoms with E-state index in [-0.39, 0.29) is 12.2 Å². The molecule has 1 amide bonds. The monoisotopic (exact) mass is 484 g/mol. The number of hydrogen-bond donors (Lipinski definition) is 1. The number of esters is 2. The normalized spacial score (nSPS) is 13.3. The second kappa shape index (κ2) is 11.2. The van der Waals surface area contributed by atoms with Crippen molar-refractivity contribution in [3.63, 3.8) is 0 Å². The number of nitrogens with zero attached hydrogens (tertiary/aromatic N) is 1. The van der Waals surface area contributed by atoms with Crippen LogP contribution in [0.3, 0.4) is 0 Å². The van der Waals surface area contributed by atoms with Crippen LogP contribution in [0, 0.1) is 23.3 Å². The van der Waals surface area contributed by atoms with Crippen LogP contribution in [0.4, 0.5) is 28.0 Å². The van der Waals surface area contributed by atoms with Gasteiger partial charge >= 0.3 is 18.0 Å². The number of carbonyl (C=O) groups is 3. The molecule has 0 aliphatic heterocycles. The maximum absolute atomic E-state index is 14.2. The molecule has 0 bridgehead atoms. The second-order valence-corrected chi connectivity index (χ2v) is 9.17. The van der Waals surface area contributed by atoms with Crippen molar-refractivity contribution in [1.29, 1.82) is 0 Å². The second-order valence-electron chi connectivity index (χ2n) is 7.38. The Balaban J connectivity index is 3.11. The molecule has 0 aromatic heterocycles. The van der Waals surface area contributed by atoms with Gasteiger partial charge in [-0.1, -0.05) is 10.7 Å². The van der Waals surface area contributed by atoms with Gasteiger partial charge in [-0.2, -0.15) is 0 Å². The molecule has 0 heterocycles. The number of hydrogen-bond acceptors (Lipinski definition) is 7. The number of methoxy groups -OCH3 is 2. The predicted octanol–water partition coefficient (Wildman–Crippen LogP) is 3.55. The highest BCUT2D eigenvalue weighted by Gasteiger charge is 2.30. The third kappa shape index (κ3) is 7.18. The van der Waals surface area contributed by atoms with Crippen LogP contribution in [0.15, 0.2) is 4.36 Å². The van der Waals surface area contributed by atoms with Crippen LogP contribution in [0.1, 0.15) is 37.6 Å². The Morgan fingerprint density at radius 1 is 1.00 bits per heavy atom. The highest BCUT2D eigenvalue weighted by molar-refractivity contribution is 7.86. The van der Waals surface area contributed by atoms with Crippen molar-refractivity contribution in [1.82, 2.24) is 5.32 Å². The first kappa shape index (κ1) is 27.3. The van der Waals surface area contributed by atoms with Gasteiger partial charge < -0.3 is 19.5 Å². The minimum absolute atomic E-state index is 0.0174. The number of amides is 1. The zero-order valence-electron chi connectivity index (χ0n) is 18.3. The van der Waals surface area contributed by atoms with Crippen LogP contribution in [0.2, 0.25) is 0 Å². The van der Waals surface area contributed by atoms with E-state index in [1.54, 1.807) is 20.8 Å². The van der Waals surface area contributed by atoms with E-state index in [9.17, 15) is 31.9 Å². The van der Waals surface area contributed by atoms with E-state index in [1.807, 2.05) is 0 Å². The van der Waals surface area contributed by atoms with Crippen LogP contribution in [0.25, 0.3) is 0 Å². The molecule has 1 N–H and O–H groups in total. The summed E-state index contributed by atoms with van der Waals surface area (Å²) >= 11 is 0. The van der Waals surface area contributed by atoms with Crippen molar-refractivity contribution in [2.75, 3.05) is 26.2 Å². The summed E-state index contributed by atoms with van der Waals surface area (Å²) in [5, 5.41) is 2.32. The number of rotatable bonds is 7. The van der Waals surface area contributed by atoms with Gasteiger partial charge in [-0.15, -0.1) is 0 Å². The van der Waals surface area contributed by atoms with Crippen LogP contribution < -0.4 is 5.32 Å². The predicted molar refractivity (Wildman–Crippen MR) is 108 cm³/mol. The van der Waals surface area contributed by atoms with Crippen molar-refractivity contribution in [3.8, 4) is 0 Å². The molecule has 32 heavy (non-hydrogen) atoms. The molecule has 0 spiro atoms. The number of nitrogens with one attached hydrogen (secondary N) is 1. The Labute approximate surface area is 184 Å². The highest BCUT2D eigenvalue weighted by Crippen LogP contribution is 2.31. The molecule has 1 unspecified atom stereocenters. The van der Waals surface area contributed by atoms with Gasteiger partial charge in [0.2, 0.25) is 0 Å². The van der Waals surface area contributed by atoms with E-state index in [2.05, 4.69) is 19.2 Å². The van der Waals surface area contributed by atoms with Gasteiger partial charge in [0.05, 0.1) is 14.2 Å². The lowest BCUT2D eigenvalue weighted by Gasteiger charge is -2.22. The van der Waals surface area contributed by atoms with Crippen LogP contribution in [0.5, 0.6) is 0 Å². The maximum atomic E-state index is 14.2. The molecule has 0 saturated carbocycles. The van der Waals surface area contributed by atoms with Crippen molar-refractivity contribution in [2.45, 2.75) is 38.8 Å². The van der Waals surface area contributed by atoms with Gasteiger partial charge in [0.25, 0.3) is 0 Å². The van der Waals surface area contributed by atoms with Crippen molar-refractivity contribution in [2.24, 2.45) is 4.36 Å². The quantitative estimate of drug-likeness (QED) is 0.275. The number of benzene rings is 1. The van der Waals surface area contributed by atoms with E-state index in [4.69, 9.17) is 4.74 Å². The summed E-state index contributed by atoms with van der Waals surface area (Å²) in [6.45, 7) is 4.86. The van der Waals surface area contributed by atoms with Gasteiger partial charge in [0.1, 0.15) is 22.9 Å². The number of ether oxygens (including phenoxy) is 3. The van der Waals surface area contributed by atoms with Gasteiger partial charge in [0, 0.05) is 5.75 Å². The minimum atomic E-state index is -1.94. The molecule has 8 nitrogen and oxygen atoms in total. The SMILES string of the molecule is COC(=O)c1c(F)c(F)c(N=S(C)CC[C@H](NC(=O)OC(C)(C)C)C(=O)OC)c(F)c1F. The lowest BCUT2D eigenvalue weighted by molar-refractivity contribution is -0.143. The molecule has 2 atom stereocenters. The molecule has 0 fully saturated rings. The molecule has 1 rings (SSSR count). The fraction of sp³-hybridized carbons (Fsp3) is 0.526. The first-order valence-electron chi connectivity index (χ1n) is 9.09. The van der Waals surface area contributed by atoms with Crippen molar-refractivity contribution < 1.29 is 46.2 Å². The topological polar surface area (TPSA) is 103 Å². The molecule has 0 radical (unpaired) electrons. The lowest BCUT2D eigenvalue weighted by Crippen LogP contribution is -2.44. The van der Waals surface area contributed by atoms with E-state index in [0.717, 1.165) is 14.2 Å². The largest absolute Gasteiger partial charge is 0.467 e. The average Bonchev–Trinajstić information content (AvgIpc) is 2.70. The Bertz CT molecular complexity index is 904. The standard InChI is InChI=1S/C19H24F4N2O6S/c1-19(2,3)31-18(28)24-9(16(26)29-4)7-8-32(6)25-15-13(22)11(20)10(17(27)30-5)12(21)14(15)23/h9H,7-8H2,1-6H3,(H,24,28)/t9-,32?/m0/s1. The summed E-state index contributed by atoms with van der Waals surface area (Å²) < 4.78 is 74.1. The smallest absolute Gasteiger partial charge is 0.408 e. The third-order valence-corrected chi connectivity index (χ3v) is 5.08. The van der Waals surface area contributed by atoms with E-state index in [1.165, 1.54) is 6.26 Å². The molecule has 0 aliphatic carbocycles. The average molecular weight is 484 g/mol. The van der Waals surface area contributed by atoms with Crippen molar-refractivity contribution >= 4 is 34.4 Å². The van der Waals surface area contributed by atoms with E-state index in [0.29, 0.717) is 0 Å². The molecule has 1 aromatic rings. The Morgan fingerprint density at radius 2 is 1.53 bits per heavy atom. The maximum Gasteiger partial charge on any atom is 0.408 e. The van der Waals surface area contributed by atoms with Crippen LogP contribution in [-0.4, -0.2) is 55.9 Å². The Kier molecular flexibility index (Phi) is 9.61. The fourth-order valence-corrected chi connectivity index (χ4v) is 3.45. The van der Waals surface area contributed by atoms with Gasteiger partial charge in [-0.05, 0) is 33.4 Å². The van der Waals surface area contributed by atoms with Crippen molar-refractivity contribution in [3.05, 3.63) is 28.8 Å². The van der Waals surface area contributed by atoms with Gasteiger partial charge in [0.15, 0.2) is 23.3 Å². The minimum Gasteiger partial charge on any atom is -0.467 e. The number of alkyl carbamates (subject to hydrolysis) is 1. The summed E-state index contributed by atoms with van der Waals surface area (Å²) in [6.07, 6.45) is 0.425. The summed E-state index contributed by atoms with van der Waals surface area (Å²) in [4.78, 5) is 35.2. The first-order chi connectivity index (χ1) is 14.7. The molecular formula is C19H24F4N2O6S. The molecule has 0 saturated heterocycles. The number of carbonyl (C=O) groups excluding carboxylic acids is 3. The highest BCUT2D eigenvalue weighted by atomic mass is 32.2. The lowest BCUT2D eigenvalue weighted by atomic mass is 10.1. The Hall–Kier alpha value is -2.70. The molecular weight excluding hydrogens is 460 g/mol. The summed E-state index contributed by atoms with van der Waals surface area (Å²) in [5.74, 6) is -10.0. The van der Waals surface area contributed by atoms with E-state index < -0.39 is 74.9 Å². The summed E-state index contributed by atoms with van der Waals surface area (Å²) in [7, 11) is 0.637. The molecule has 1 aromatic carbocycles. The summed E-state index contributed by atoms with van der Waals surface area (Å²) in [6, 6.07) is -1.16. The molecule has 180 valence electrons. The first-order valence-corrected chi connectivity index (χ1v) is 10.8. The molecule has 0 aliphatic rings. The van der Waals surface area contributed by atoms with E-state index >= 15 is 0 Å². The summed E-state index contributed by atoms with van der Waals surface area (Å²) in [5.41, 5.74) is -3.58. The Morgan fingerprint density at radius 3 is 1.97 bits per heavy atom. The fourth-order valence-electron chi connectivity index (χ4n) is 2.31. The van der Waals surface area contributed by atoms with Gasteiger partial charge in [-0.25, -0.2) is 36.3 Å².